The van der Waals surface area contributed by atoms with Gasteiger partial charge in [-0.1, -0.05) is 11.6 Å². The number of rotatable bonds is 2. The predicted molar refractivity (Wildman–Crippen MR) is 68.9 cm³/mol. The van der Waals surface area contributed by atoms with Crippen LogP contribution in [0.5, 0.6) is 0 Å². The van der Waals surface area contributed by atoms with Crippen molar-refractivity contribution in [1.82, 2.24) is 0 Å². The number of halogens is 4. The van der Waals surface area contributed by atoms with Crippen LogP contribution in [0, 0.1) is 6.92 Å². The van der Waals surface area contributed by atoms with Crippen LogP contribution in [0.1, 0.15) is 27.0 Å². The highest BCUT2D eigenvalue weighted by molar-refractivity contribution is 7.08. The summed E-state index contributed by atoms with van der Waals surface area (Å²) in [5.74, 6) is -0.667. The van der Waals surface area contributed by atoms with Gasteiger partial charge in [0, 0.05) is 26.9 Å². The van der Waals surface area contributed by atoms with E-state index in [1.807, 2.05) is 0 Å². The molecule has 0 atom stereocenters. The van der Waals surface area contributed by atoms with Crippen molar-refractivity contribution in [2.75, 3.05) is 0 Å². The molecule has 19 heavy (non-hydrogen) atoms. The summed E-state index contributed by atoms with van der Waals surface area (Å²) in [6.07, 6.45) is -4.53. The molecule has 2 aromatic rings. The molecule has 6 heteroatoms. The lowest BCUT2D eigenvalue weighted by Crippen LogP contribution is -2.11. The van der Waals surface area contributed by atoms with Gasteiger partial charge in [-0.25, -0.2) is 0 Å². The van der Waals surface area contributed by atoms with Gasteiger partial charge in [-0.15, -0.1) is 0 Å². The minimum atomic E-state index is -4.53. The Hall–Kier alpha value is -1.33. The summed E-state index contributed by atoms with van der Waals surface area (Å²) in [4.78, 5) is 12.1. The van der Waals surface area contributed by atoms with E-state index in [1.54, 1.807) is 13.0 Å². The predicted octanol–water partition coefficient (Wildman–Crippen LogP) is 4.96. The van der Waals surface area contributed by atoms with E-state index in [4.69, 9.17) is 11.6 Å². The molecule has 0 N–H and O–H groups in total. The third kappa shape index (κ3) is 2.98. The normalized spacial score (nSPS) is 11.6. The van der Waals surface area contributed by atoms with E-state index in [2.05, 4.69) is 0 Å². The highest BCUT2D eigenvalue weighted by Gasteiger charge is 2.36. The summed E-state index contributed by atoms with van der Waals surface area (Å²) in [7, 11) is 0. The SMILES string of the molecule is Cc1cc(Cl)cc(C(=O)c2cscc2C(F)(F)F)c1. The lowest BCUT2D eigenvalue weighted by atomic mass is 10.0. The first-order valence-electron chi connectivity index (χ1n) is 5.24. The molecule has 0 amide bonds. The van der Waals surface area contributed by atoms with Crippen molar-refractivity contribution in [2.45, 2.75) is 13.1 Å². The van der Waals surface area contributed by atoms with Gasteiger partial charge in [-0.3, -0.25) is 4.79 Å². The number of benzene rings is 1. The zero-order valence-corrected chi connectivity index (χ0v) is 11.3. The van der Waals surface area contributed by atoms with E-state index >= 15 is 0 Å². The number of alkyl halides is 3. The van der Waals surface area contributed by atoms with Crippen LogP contribution in [0.4, 0.5) is 13.2 Å². The zero-order chi connectivity index (χ0) is 14.2. The van der Waals surface area contributed by atoms with Crippen LogP contribution in [0.3, 0.4) is 0 Å². The number of carbonyl (C=O) groups is 1. The fourth-order valence-corrected chi connectivity index (χ4v) is 2.84. The topological polar surface area (TPSA) is 17.1 Å². The maximum Gasteiger partial charge on any atom is 0.417 e. The van der Waals surface area contributed by atoms with E-state index in [1.165, 1.54) is 17.5 Å². The average Bonchev–Trinajstić information content (AvgIpc) is 2.74. The van der Waals surface area contributed by atoms with E-state index < -0.39 is 17.5 Å². The summed E-state index contributed by atoms with van der Waals surface area (Å²) in [6, 6.07) is 4.53. The Kier molecular flexibility index (Phi) is 3.69. The molecule has 1 aromatic heterocycles. The van der Waals surface area contributed by atoms with Crippen LogP contribution in [0.2, 0.25) is 5.02 Å². The van der Waals surface area contributed by atoms with Crippen LogP contribution in [-0.4, -0.2) is 5.78 Å². The number of ketones is 1. The van der Waals surface area contributed by atoms with Crippen LogP contribution >= 0.6 is 22.9 Å². The maximum absolute atomic E-state index is 12.7. The number of hydrogen-bond donors (Lipinski definition) is 0. The van der Waals surface area contributed by atoms with E-state index in [0.717, 1.165) is 22.3 Å². The molecule has 0 saturated heterocycles. The standard InChI is InChI=1S/C13H8ClF3OS/c1-7-2-8(4-9(14)3-7)12(18)10-5-19-6-11(10)13(15,16)17/h2-6H,1H3. The lowest BCUT2D eigenvalue weighted by Gasteiger charge is -2.08. The maximum atomic E-state index is 12.7. The van der Waals surface area contributed by atoms with Gasteiger partial charge < -0.3 is 0 Å². The molecule has 1 nitrogen and oxygen atoms in total. The Morgan fingerprint density at radius 1 is 1.21 bits per heavy atom. The first kappa shape index (κ1) is 14.1. The average molecular weight is 305 g/mol. The van der Waals surface area contributed by atoms with Crippen molar-refractivity contribution < 1.29 is 18.0 Å². The lowest BCUT2D eigenvalue weighted by molar-refractivity contribution is -0.137. The Balaban J connectivity index is 2.48. The summed E-state index contributed by atoms with van der Waals surface area (Å²) in [5, 5.41) is 2.47. The van der Waals surface area contributed by atoms with Crippen molar-refractivity contribution in [1.29, 1.82) is 0 Å². The van der Waals surface area contributed by atoms with Gasteiger partial charge in [0.15, 0.2) is 5.78 Å². The Bertz CT molecular complexity index is 611. The van der Waals surface area contributed by atoms with Crippen LogP contribution < -0.4 is 0 Å². The smallest absolute Gasteiger partial charge is 0.289 e. The molecule has 100 valence electrons. The second kappa shape index (κ2) is 4.98. The third-order valence-electron chi connectivity index (χ3n) is 2.52. The fraction of sp³-hybridized carbons (Fsp3) is 0.154. The summed E-state index contributed by atoms with van der Waals surface area (Å²) in [5.41, 5.74) is -0.354. The molecule has 2 rings (SSSR count). The van der Waals surface area contributed by atoms with Gasteiger partial charge >= 0.3 is 6.18 Å². The third-order valence-corrected chi connectivity index (χ3v) is 3.48. The molecule has 0 bridgehead atoms. The molecule has 1 aromatic carbocycles. The summed E-state index contributed by atoms with van der Waals surface area (Å²) >= 11 is 6.66. The van der Waals surface area contributed by atoms with Gasteiger partial charge in [-0.2, -0.15) is 24.5 Å². The molecule has 0 aliphatic rings. The van der Waals surface area contributed by atoms with Crippen LogP contribution in [0.15, 0.2) is 29.0 Å². The van der Waals surface area contributed by atoms with Gasteiger partial charge in [0.25, 0.3) is 0 Å². The zero-order valence-electron chi connectivity index (χ0n) is 9.72. The summed E-state index contributed by atoms with van der Waals surface area (Å²) in [6.45, 7) is 1.72. The second-order valence-corrected chi connectivity index (χ2v) is 5.22. The Labute approximate surface area is 116 Å². The van der Waals surface area contributed by atoms with Gasteiger partial charge in [-0.05, 0) is 30.7 Å². The Morgan fingerprint density at radius 2 is 1.89 bits per heavy atom. The van der Waals surface area contributed by atoms with Crippen molar-refractivity contribution in [3.05, 3.63) is 56.2 Å². The fourth-order valence-electron chi connectivity index (χ4n) is 1.72. The van der Waals surface area contributed by atoms with Crippen molar-refractivity contribution >= 4 is 28.7 Å². The highest BCUT2D eigenvalue weighted by atomic mass is 35.5. The minimum absolute atomic E-state index is 0.161. The highest BCUT2D eigenvalue weighted by Crippen LogP contribution is 2.35. The van der Waals surface area contributed by atoms with Gasteiger partial charge in [0.1, 0.15) is 0 Å². The van der Waals surface area contributed by atoms with Crippen LogP contribution in [-0.2, 0) is 6.18 Å². The molecule has 0 saturated carbocycles. The minimum Gasteiger partial charge on any atom is -0.289 e. The first-order valence-corrected chi connectivity index (χ1v) is 6.56. The number of hydrogen-bond acceptors (Lipinski definition) is 2. The molecule has 0 unspecified atom stereocenters. The Morgan fingerprint density at radius 3 is 2.47 bits per heavy atom. The molecule has 1 heterocycles. The van der Waals surface area contributed by atoms with E-state index in [-0.39, 0.29) is 11.1 Å². The number of carbonyl (C=O) groups excluding carboxylic acids is 1. The second-order valence-electron chi connectivity index (χ2n) is 4.04. The van der Waals surface area contributed by atoms with Crippen LogP contribution in [0.25, 0.3) is 0 Å². The molecule has 0 radical (unpaired) electrons. The number of thiophene rings is 1. The van der Waals surface area contributed by atoms with Crippen molar-refractivity contribution in [3.8, 4) is 0 Å². The molecule has 0 fully saturated rings. The quantitative estimate of drug-likeness (QED) is 0.717. The monoisotopic (exact) mass is 304 g/mol. The first-order chi connectivity index (χ1) is 8.79. The number of aryl methyl sites for hydroxylation is 1. The molecule has 0 spiro atoms. The van der Waals surface area contributed by atoms with Gasteiger partial charge in [0.2, 0.25) is 0 Å². The molecule has 0 aliphatic carbocycles. The largest absolute Gasteiger partial charge is 0.417 e. The molecular weight excluding hydrogens is 297 g/mol. The van der Waals surface area contributed by atoms with Gasteiger partial charge in [0.05, 0.1) is 5.56 Å². The molecular formula is C13H8ClF3OS. The summed E-state index contributed by atoms with van der Waals surface area (Å²) < 4.78 is 38.2. The van der Waals surface area contributed by atoms with Crippen molar-refractivity contribution in [3.63, 3.8) is 0 Å². The van der Waals surface area contributed by atoms with E-state index in [9.17, 15) is 18.0 Å². The van der Waals surface area contributed by atoms with Crippen molar-refractivity contribution in [2.24, 2.45) is 0 Å². The van der Waals surface area contributed by atoms with E-state index in [0.29, 0.717) is 5.02 Å². The molecule has 0 aliphatic heterocycles.